The zero-order valence-corrected chi connectivity index (χ0v) is 14.4. The molecule has 2 aromatic carbocycles. The Labute approximate surface area is 155 Å². The molecule has 0 fully saturated rings. The number of carbonyl (C=O) groups excluding carboxylic acids is 1. The molecule has 134 valence electrons. The summed E-state index contributed by atoms with van der Waals surface area (Å²) >= 11 is 0. The first-order valence-electron chi connectivity index (χ1n) is 8.21. The molecule has 0 aliphatic carbocycles. The van der Waals surface area contributed by atoms with Crippen LogP contribution in [0.5, 0.6) is 5.75 Å². The van der Waals surface area contributed by atoms with E-state index in [2.05, 4.69) is 4.98 Å². The third kappa shape index (κ3) is 3.70. The highest BCUT2D eigenvalue weighted by atomic mass is 16.6. The van der Waals surface area contributed by atoms with E-state index in [-0.39, 0.29) is 17.0 Å². The summed E-state index contributed by atoms with van der Waals surface area (Å²) < 4.78 is 5.38. The monoisotopic (exact) mass is 361 g/mol. The van der Waals surface area contributed by atoms with E-state index in [9.17, 15) is 14.9 Å². The van der Waals surface area contributed by atoms with Crippen molar-refractivity contribution in [1.29, 1.82) is 5.26 Å². The molecule has 0 aliphatic rings. The molecule has 0 radical (unpaired) electrons. The van der Waals surface area contributed by atoms with Crippen LogP contribution in [0.25, 0.3) is 11.3 Å². The Morgan fingerprint density at radius 3 is 2.56 bits per heavy atom. The van der Waals surface area contributed by atoms with Crippen LogP contribution in [-0.2, 0) is 6.42 Å². The van der Waals surface area contributed by atoms with Crippen molar-refractivity contribution in [2.24, 2.45) is 0 Å². The predicted octanol–water partition coefficient (Wildman–Crippen LogP) is 4.24. The molecule has 0 spiro atoms. The Kier molecular flexibility index (Phi) is 4.99. The highest BCUT2D eigenvalue weighted by Crippen LogP contribution is 2.32. The summed E-state index contributed by atoms with van der Waals surface area (Å²) in [5.41, 5.74) is 1.98. The zero-order chi connectivity index (χ0) is 19.4. The third-order valence-electron chi connectivity index (χ3n) is 4.04. The van der Waals surface area contributed by atoms with Crippen LogP contribution in [-0.4, -0.2) is 15.9 Å². The van der Waals surface area contributed by atoms with Gasteiger partial charge in [0.1, 0.15) is 5.75 Å². The van der Waals surface area contributed by atoms with Gasteiger partial charge in [-0.25, -0.2) is 4.79 Å². The summed E-state index contributed by atoms with van der Waals surface area (Å²) in [5, 5.41) is 20.2. The van der Waals surface area contributed by atoms with Gasteiger partial charge in [0, 0.05) is 11.8 Å². The van der Waals surface area contributed by atoms with E-state index in [1.54, 1.807) is 36.4 Å². The number of nitriles is 1. The number of hydrogen-bond acceptors (Lipinski definition) is 5. The van der Waals surface area contributed by atoms with Crippen molar-refractivity contribution in [3.63, 3.8) is 0 Å². The molecular weight excluding hydrogens is 346 g/mol. The maximum atomic E-state index is 12.7. The summed E-state index contributed by atoms with van der Waals surface area (Å²) in [7, 11) is 0. The van der Waals surface area contributed by atoms with E-state index < -0.39 is 10.9 Å². The van der Waals surface area contributed by atoms with Gasteiger partial charge in [0.2, 0.25) is 0 Å². The lowest BCUT2D eigenvalue weighted by molar-refractivity contribution is -0.384. The van der Waals surface area contributed by atoms with Gasteiger partial charge in [-0.05, 0) is 42.8 Å². The molecule has 7 nitrogen and oxygen atoms in total. The Morgan fingerprint density at radius 1 is 1.22 bits per heavy atom. The molecule has 1 heterocycles. The lowest BCUT2D eigenvalue weighted by Crippen LogP contribution is -2.09. The van der Waals surface area contributed by atoms with Crippen molar-refractivity contribution in [3.05, 3.63) is 81.5 Å². The molecule has 1 aromatic heterocycles. The maximum Gasteiger partial charge on any atom is 0.345 e. The molecular formula is C20H15N3O4. The number of carbonyl (C=O) groups is 1. The molecule has 0 saturated heterocycles. The van der Waals surface area contributed by atoms with Gasteiger partial charge in [0.15, 0.2) is 0 Å². The van der Waals surface area contributed by atoms with Gasteiger partial charge in [-0.15, -0.1) is 0 Å². The predicted molar refractivity (Wildman–Crippen MR) is 98.4 cm³/mol. The van der Waals surface area contributed by atoms with Gasteiger partial charge in [0.25, 0.3) is 5.69 Å². The van der Waals surface area contributed by atoms with Gasteiger partial charge in [-0.3, -0.25) is 10.1 Å². The first-order valence-corrected chi connectivity index (χ1v) is 8.21. The fourth-order valence-electron chi connectivity index (χ4n) is 2.68. The Hall–Kier alpha value is -3.92. The number of H-pyrrole nitrogens is 1. The van der Waals surface area contributed by atoms with E-state index in [1.807, 2.05) is 13.0 Å². The van der Waals surface area contributed by atoms with Crippen LogP contribution in [0.15, 0.2) is 54.6 Å². The zero-order valence-electron chi connectivity index (χ0n) is 14.4. The maximum absolute atomic E-state index is 12.7. The molecule has 0 unspecified atom stereocenters. The number of nitrogens with zero attached hydrogens (tertiary/aromatic N) is 2. The van der Waals surface area contributed by atoms with E-state index in [1.165, 1.54) is 18.2 Å². The van der Waals surface area contributed by atoms with E-state index >= 15 is 0 Å². The first kappa shape index (κ1) is 17.9. The van der Waals surface area contributed by atoms with Crippen LogP contribution in [0, 0.1) is 21.4 Å². The molecule has 0 saturated carbocycles. The van der Waals surface area contributed by atoms with Crippen LogP contribution in [0.1, 0.15) is 28.5 Å². The Bertz CT molecular complexity index is 1050. The summed E-state index contributed by atoms with van der Waals surface area (Å²) in [6, 6.07) is 16.0. The lowest BCUT2D eigenvalue weighted by Gasteiger charge is -2.06. The van der Waals surface area contributed by atoms with Crippen molar-refractivity contribution >= 4 is 11.7 Å². The number of benzene rings is 2. The van der Waals surface area contributed by atoms with Crippen molar-refractivity contribution in [2.45, 2.75) is 13.3 Å². The summed E-state index contributed by atoms with van der Waals surface area (Å²) in [6.45, 7) is 1.91. The largest absolute Gasteiger partial charge is 0.423 e. The molecule has 27 heavy (non-hydrogen) atoms. The number of nitro benzene ring substituents is 1. The number of aryl methyl sites for hydroxylation is 1. The van der Waals surface area contributed by atoms with Gasteiger partial charge in [-0.2, -0.15) is 5.26 Å². The quantitative estimate of drug-likeness (QED) is 0.316. The normalized spacial score (nSPS) is 10.2. The number of para-hydroxylation sites is 1. The van der Waals surface area contributed by atoms with Crippen molar-refractivity contribution in [1.82, 2.24) is 4.98 Å². The minimum Gasteiger partial charge on any atom is -0.423 e. The van der Waals surface area contributed by atoms with Crippen molar-refractivity contribution in [3.8, 4) is 23.1 Å². The highest BCUT2D eigenvalue weighted by Gasteiger charge is 2.24. The van der Waals surface area contributed by atoms with Crippen LogP contribution in [0.4, 0.5) is 5.69 Å². The Balaban J connectivity index is 2.01. The number of ether oxygens (including phenoxy) is 1. The fourth-order valence-corrected chi connectivity index (χ4v) is 2.68. The minimum absolute atomic E-state index is 0.102. The second-order valence-electron chi connectivity index (χ2n) is 5.74. The molecule has 0 bridgehead atoms. The molecule has 0 aliphatic heterocycles. The molecule has 7 heteroatoms. The van der Waals surface area contributed by atoms with Crippen molar-refractivity contribution in [2.75, 3.05) is 0 Å². The van der Waals surface area contributed by atoms with E-state index in [0.717, 1.165) is 5.69 Å². The van der Waals surface area contributed by atoms with Crippen LogP contribution in [0.3, 0.4) is 0 Å². The summed E-state index contributed by atoms with van der Waals surface area (Å²) in [5.74, 6) is -0.351. The standard InChI is InChI=1S/C20H15N3O4/c1-2-14-11-17(20(24)27-15-9-7-13(12-21)8-10-15)19(22-14)16-5-3-4-6-18(16)23(25)26/h3-11,22H,2H2,1H3. The third-order valence-corrected chi connectivity index (χ3v) is 4.04. The van der Waals surface area contributed by atoms with E-state index in [4.69, 9.17) is 10.00 Å². The van der Waals surface area contributed by atoms with Gasteiger partial charge < -0.3 is 9.72 Å². The fraction of sp³-hybridized carbons (Fsp3) is 0.100. The number of hydrogen-bond donors (Lipinski definition) is 1. The van der Waals surface area contributed by atoms with Crippen molar-refractivity contribution < 1.29 is 14.5 Å². The van der Waals surface area contributed by atoms with Crippen LogP contribution >= 0.6 is 0 Å². The first-order chi connectivity index (χ1) is 13.0. The minimum atomic E-state index is -0.635. The highest BCUT2D eigenvalue weighted by molar-refractivity contribution is 5.99. The number of nitro groups is 1. The lowest BCUT2D eigenvalue weighted by atomic mass is 10.1. The summed E-state index contributed by atoms with van der Waals surface area (Å²) in [4.78, 5) is 26.6. The average molecular weight is 361 g/mol. The molecule has 3 aromatic rings. The van der Waals surface area contributed by atoms with Crippen LogP contribution in [0.2, 0.25) is 0 Å². The molecule has 0 atom stereocenters. The average Bonchev–Trinajstić information content (AvgIpc) is 3.13. The topological polar surface area (TPSA) is 109 Å². The molecule has 0 amide bonds. The molecule has 3 rings (SSSR count). The number of esters is 1. The number of rotatable bonds is 5. The number of aromatic amines is 1. The second kappa shape index (κ2) is 7.54. The number of aromatic nitrogens is 1. The second-order valence-corrected chi connectivity index (χ2v) is 5.74. The van der Waals surface area contributed by atoms with E-state index in [0.29, 0.717) is 23.2 Å². The number of nitrogens with one attached hydrogen (secondary N) is 1. The van der Waals surface area contributed by atoms with Gasteiger partial charge in [-0.1, -0.05) is 19.1 Å². The van der Waals surface area contributed by atoms with Gasteiger partial charge >= 0.3 is 5.97 Å². The van der Waals surface area contributed by atoms with Gasteiger partial charge in [0.05, 0.1) is 33.4 Å². The SMILES string of the molecule is CCc1cc(C(=O)Oc2ccc(C#N)cc2)c(-c2ccccc2[N+](=O)[O-])[nH]1. The summed E-state index contributed by atoms with van der Waals surface area (Å²) in [6.07, 6.45) is 0.623. The smallest absolute Gasteiger partial charge is 0.345 e. The van der Waals surface area contributed by atoms with Crippen LogP contribution < -0.4 is 4.74 Å². The molecule has 1 N–H and O–H groups in total. The Morgan fingerprint density at radius 2 is 1.93 bits per heavy atom.